The number of benzene rings is 1. The lowest BCUT2D eigenvalue weighted by molar-refractivity contribution is -0.385. The third-order valence-corrected chi connectivity index (χ3v) is 2.69. The van der Waals surface area contributed by atoms with Crippen molar-refractivity contribution in [3.05, 3.63) is 68.7 Å². The maximum absolute atomic E-state index is 12.7. The second-order valence-electron chi connectivity index (χ2n) is 3.71. The molecule has 0 saturated heterocycles. The zero-order chi connectivity index (χ0) is 13.1. The van der Waals surface area contributed by atoms with E-state index in [1.54, 1.807) is 12.1 Å². The van der Waals surface area contributed by atoms with E-state index in [0.29, 0.717) is 12.0 Å². The summed E-state index contributed by atoms with van der Waals surface area (Å²) in [4.78, 5) is 13.9. The third kappa shape index (κ3) is 2.81. The Hall–Kier alpha value is -2.01. The second kappa shape index (κ2) is 5.10. The zero-order valence-corrected chi connectivity index (χ0v) is 9.89. The molecule has 18 heavy (non-hydrogen) atoms. The standard InChI is InChI=1S/C12H8ClFN2O2/c13-12-11(16(17)18)6-9(7-15-12)5-8-1-3-10(14)4-2-8/h1-4,6-7H,5H2. The minimum Gasteiger partial charge on any atom is -0.258 e. The molecule has 6 heteroatoms. The summed E-state index contributed by atoms with van der Waals surface area (Å²) < 4.78 is 12.7. The van der Waals surface area contributed by atoms with E-state index in [1.807, 2.05) is 0 Å². The van der Waals surface area contributed by atoms with Gasteiger partial charge in [-0.25, -0.2) is 9.37 Å². The number of hydrogen-bond acceptors (Lipinski definition) is 3. The minimum atomic E-state index is -0.580. The first-order valence-electron chi connectivity index (χ1n) is 5.09. The van der Waals surface area contributed by atoms with Crippen LogP contribution in [0.25, 0.3) is 0 Å². The minimum absolute atomic E-state index is 0.136. The lowest BCUT2D eigenvalue weighted by atomic mass is 10.1. The van der Waals surface area contributed by atoms with Crippen molar-refractivity contribution in [3.63, 3.8) is 0 Å². The Morgan fingerprint density at radius 1 is 1.28 bits per heavy atom. The van der Waals surface area contributed by atoms with Gasteiger partial charge >= 0.3 is 5.69 Å². The Balaban J connectivity index is 2.27. The fraction of sp³-hybridized carbons (Fsp3) is 0.0833. The van der Waals surface area contributed by atoms with Gasteiger partial charge in [0.25, 0.3) is 0 Å². The highest BCUT2D eigenvalue weighted by molar-refractivity contribution is 6.31. The molecule has 2 rings (SSSR count). The molecule has 2 aromatic rings. The molecule has 0 radical (unpaired) electrons. The summed E-state index contributed by atoms with van der Waals surface area (Å²) in [5.74, 6) is -0.320. The van der Waals surface area contributed by atoms with E-state index in [4.69, 9.17) is 11.6 Å². The average Bonchev–Trinajstić information content (AvgIpc) is 2.34. The Morgan fingerprint density at radius 3 is 2.56 bits per heavy atom. The van der Waals surface area contributed by atoms with E-state index in [9.17, 15) is 14.5 Å². The fourth-order valence-corrected chi connectivity index (χ4v) is 1.71. The normalized spacial score (nSPS) is 10.3. The molecule has 0 saturated carbocycles. The summed E-state index contributed by atoms with van der Waals surface area (Å²) in [6.07, 6.45) is 1.91. The van der Waals surface area contributed by atoms with Gasteiger partial charge in [0.2, 0.25) is 5.15 Å². The Bertz CT molecular complexity index is 587. The molecule has 0 aliphatic carbocycles. The molecule has 0 N–H and O–H groups in total. The smallest absolute Gasteiger partial charge is 0.258 e. The van der Waals surface area contributed by atoms with Crippen LogP contribution in [0.4, 0.5) is 10.1 Å². The molecule has 0 aliphatic heterocycles. The summed E-state index contributed by atoms with van der Waals surface area (Å²) in [6, 6.07) is 7.30. The van der Waals surface area contributed by atoms with Gasteiger partial charge in [0.05, 0.1) is 4.92 Å². The number of halogens is 2. The van der Waals surface area contributed by atoms with Crippen molar-refractivity contribution in [2.45, 2.75) is 6.42 Å². The maximum Gasteiger partial charge on any atom is 0.306 e. The van der Waals surface area contributed by atoms with Crippen LogP contribution in [0, 0.1) is 15.9 Å². The van der Waals surface area contributed by atoms with Gasteiger partial charge < -0.3 is 0 Å². The highest BCUT2D eigenvalue weighted by Gasteiger charge is 2.14. The van der Waals surface area contributed by atoms with Crippen molar-refractivity contribution < 1.29 is 9.31 Å². The molecule has 1 aromatic heterocycles. The van der Waals surface area contributed by atoms with Gasteiger partial charge in [-0.3, -0.25) is 10.1 Å². The van der Waals surface area contributed by atoms with Crippen molar-refractivity contribution in [1.29, 1.82) is 0 Å². The van der Waals surface area contributed by atoms with Crippen molar-refractivity contribution in [3.8, 4) is 0 Å². The molecule has 0 unspecified atom stereocenters. The van der Waals surface area contributed by atoms with Gasteiger partial charge in [-0.1, -0.05) is 23.7 Å². The molecular formula is C12H8ClFN2O2. The van der Waals surface area contributed by atoms with Crippen LogP contribution in [0.1, 0.15) is 11.1 Å². The van der Waals surface area contributed by atoms with Gasteiger partial charge in [0, 0.05) is 12.3 Å². The molecule has 92 valence electrons. The van der Waals surface area contributed by atoms with E-state index in [0.717, 1.165) is 5.56 Å². The molecule has 0 bridgehead atoms. The van der Waals surface area contributed by atoms with Crippen molar-refractivity contribution in [2.75, 3.05) is 0 Å². The fourth-order valence-electron chi connectivity index (χ4n) is 1.54. The Labute approximate surface area is 107 Å². The first-order chi connectivity index (χ1) is 8.56. The molecule has 0 aliphatic rings. The van der Waals surface area contributed by atoms with Crippen LogP contribution in [0.3, 0.4) is 0 Å². The molecule has 0 spiro atoms. The van der Waals surface area contributed by atoms with E-state index in [1.165, 1.54) is 24.4 Å². The monoisotopic (exact) mass is 266 g/mol. The van der Waals surface area contributed by atoms with Crippen molar-refractivity contribution >= 4 is 17.3 Å². The van der Waals surface area contributed by atoms with E-state index >= 15 is 0 Å². The summed E-state index contributed by atoms with van der Waals surface area (Å²) in [5, 5.41) is 10.6. The van der Waals surface area contributed by atoms with Crippen molar-refractivity contribution in [1.82, 2.24) is 4.98 Å². The summed E-state index contributed by atoms with van der Waals surface area (Å²) in [7, 11) is 0. The lowest BCUT2D eigenvalue weighted by Crippen LogP contribution is -1.95. The summed E-state index contributed by atoms with van der Waals surface area (Å²) in [6.45, 7) is 0. The molecule has 1 aromatic carbocycles. The van der Waals surface area contributed by atoms with Crippen LogP contribution in [-0.4, -0.2) is 9.91 Å². The van der Waals surface area contributed by atoms with E-state index in [-0.39, 0.29) is 16.7 Å². The second-order valence-corrected chi connectivity index (χ2v) is 4.07. The lowest BCUT2D eigenvalue weighted by Gasteiger charge is -2.02. The average molecular weight is 267 g/mol. The van der Waals surface area contributed by atoms with Crippen LogP contribution in [0.15, 0.2) is 36.5 Å². The summed E-state index contributed by atoms with van der Waals surface area (Å²) in [5.41, 5.74) is 1.27. The van der Waals surface area contributed by atoms with Crippen LogP contribution in [0.2, 0.25) is 5.15 Å². The molecule has 4 nitrogen and oxygen atoms in total. The third-order valence-electron chi connectivity index (χ3n) is 2.40. The SMILES string of the molecule is O=[N+]([O-])c1cc(Cc2ccc(F)cc2)cnc1Cl. The summed E-state index contributed by atoms with van der Waals surface area (Å²) >= 11 is 5.61. The number of pyridine rings is 1. The highest BCUT2D eigenvalue weighted by atomic mass is 35.5. The number of nitrogens with zero attached hydrogens (tertiary/aromatic N) is 2. The zero-order valence-electron chi connectivity index (χ0n) is 9.14. The first kappa shape index (κ1) is 12.4. The van der Waals surface area contributed by atoms with Crippen LogP contribution < -0.4 is 0 Å². The highest BCUT2D eigenvalue weighted by Crippen LogP contribution is 2.23. The Morgan fingerprint density at radius 2 is 1.94 bits per heavy atom. The van der Waals surface area contributed by atoms with Gasteiger partial charge in [0.15, 0.2) is 0 Å². The Kier molecular flexibility index (Phi) is 3.53. The van der Waals surface area contributed by atoms with Gasteiger partial charge in [-0.05, 0) is 29.7 Å². The topological polar surface area (TPSA) is 56.0 Å². The van der Waals surface area contributed by atoms with Crippen molar-refractivity contribution in [2.24, 2.45) is 0 Å². The van der Waals surface area contributed by atoms with Gasteiger partial charge in [-0.15, -0.1) is 0 Å². The van der Waals surface area contributed by atoms with E-state index < -0.39 is 4.92 Å². The largest absolute Gasteiger partial charge is 0.306 e. The first-order valence-corrected chi connectivity index (χ1v) is 5.47. The quantitative estimate of drug-likeness (QED) is 0.486. The number of aromatic nitrogens is 1. The molecule has 0 atom stereocenters. The maximum atomic E-state index is 12.7. The van der Waals surface area contributed by atoms with Crippen LogP contribution in [0.5, 0.6) is 0 Å². The van der Waals surface area contributed by atoms with Crippen LogP contribution in [-0.2, 0) is 6.42 Å². The van der Waals surface area contributed by atoms with Crippen LogP contribution >= 0.6 is 11.6 Å². The molecule has 0 amide bonds. The van der Waals surface area contributed by atoms with Gasteiger partial charge in [-0.2, -0.15) is 0 Å². The predicted octanol–water partition coefficient (Wildman–Crippen LogP) is 3.37. The number of rotatable bonds is 3. The predicted molar refractivity (Wildman–Crippen MR) is 65.1 cm³/mol. The molecular weight excluding hydrogens is 259 g/mol. The molecule has 1 heterocycles. The number of hydrogen-bond donors (Lipinski definition) is 0. The van der Waals surface area contributed by atoms with Gasteiger partial charge in [0.1, 0.15) is 5.82 Å². The molecule has 0 fully saturated rings. The van der Waals surface area contributed by atoms with E-state index in [2.05, 4.69) is 4.98 Å². The number of nitro groups is 1.